The van der Waals surface area contributed by atoms with Gasteiger partial charge in [0, 0.05) is 32.7 Å². The van der Waals surface area contributed by atoms with Crippen LogP contribution in [0.4, 0.5) is 5.82 Å². The molecule has 0 bridgehead atoms. The Morgan fingerprint density at radius 1 is 1.33 bits per heavy atom. The number of aromatic nitrogens is 1. The lowest BCUT2D eigenvalue weighted by Crippen LogP contribution is -2.18. The zero-order valence-electron chi connectivity index (χ0n) is 10.2. The third-order valence-electron chi connectivity index (χ3n) is 3.57. The second kappa shape index (κ2) is 4.74. The predicted octanol–water partition coefficient (Wildman–Crippen LogP) is 4.30. The van der Waals surface area contributed by atoms with E-state index in [1.807, 2.05) is 24.0 Å². The number of benzene rings is 1. The first-order valence-electron chi connectivity index (χ1n) is 6.06. The highest BCUT2D eigenvalue weighted by Crippen LogP contribution is 2.47. The predicted molar refractivity (Wildman–Crippen MR) is 83.4 cm³/mol. The Balaban J connectivity index is 1.90. The SMILES string of the molecule is CSC1(CNc2nccc3c(Br)cccc23)CC1. The van der Waals surface area contributed by atoms with Crippen LogP contribution in [0.1, 0.15) is 12.8 Å². The molecule has 0 unspecified atom stereocenters. The van der Waals surface area contributed by atoms with Gasteiger partial charge in [-0.25, -0.2) is 4.98 Å². The van der Waals surface area contributed by atoms with Crippen molar-refractivity contribution >= 4 is 44.3 Å². The van der Waals surface area contributed by atoms with Gasteiger partial charge >= 0.3 is 0 Å². The van der Waals surface area contributed by atoms with E-state index in [0.717, 1.165) is 16.8 Å². The van der Waals surface area contributed by atoms with Crippen molar-refractivity contribution < 1.29 is 0 Å². The Bertz CT molecular complexity index is 581. The van der Waals surface area contributed by atoms with E-state index >= 15 is 0 Å². The van der Waals surface area contributed by atoms with Crippen LogP contribution in [0.3, 0.4) is 0 Å². The summed E-state index contributed by atoms with van der Waals surface area (Å²) in [5, 5.41) is 5.91. The van der Waals surface area contributed by atoms with Gasteiger partial charge in [0.15, 0.2) is 0 Å². The molecule has 1 aliphatic carbocycles. The van der Waals surface area contributed by atoms with Crippen LogP contribution in [0.5, 0.6) is 0 Å². The summed E-state index contributed by atoms with van der Waals surface area (Å²) in [4.78, 5) is 4.47. The van der Waals surface area contributed by atoms with Crippen molar-refractivity contribution in [3.63, 3.8) is 0 Å². The van der Waals surface area contributed by atoms with E-state index < -0.39 is 0 Å². The minimum Gasteiger partial charge on any atom is -0.368 e. The maximum Gasteiger partial charge on any atom is 0.133 e. The van der Waals surface area contributed by atoms with Gasteiger partial charge in [-0.3, -0.25) is 0 Å². The largest absolute Gasteiger partial charge is 0.368 e. The van der Waals surface area contributed by atoms with Crippen molar-refractivity contribution in [1.29, 1.82) is 0 Å². The number of pyridine rings is 1. The maximum absolute atomic E-state index is 4.47. The Kier molecular flexibility index (Phi) is 3.24. The van der Waals surface area contributed by atoms with Crippen molar-refractivity contribution in [2.24, 2.45) is 0 Å². The van der Waals surface area contributed by atoms with Crippen LogP contribution < -0.4 is 5.32 Å². The van der Waals surface area contributed by atoms with Gasteiger partial charge in [0.2, 0.25) is 0 Å². The van der Waals surface area contributed by atoms with Gasteiger partial charge in [0.1, 0.15) is 5.82 Å². The van der Waals surface area contributed by atoms with E-state index in [4.69, 9.17) is 0 Å². The standard InChI is InChI=1S/C14H15BrN2S/c1-18-14(6-7-14)9-17-13-11-3-2-4-12(15)10(11)5-8-16-13/h2-5,8H,6-7,9H2,1H3,(H,16,17). The van der Waals surface area contributed by atoms with Crippen LogP contribution in [-0.4, -0.2) is 22.5 Å². The minimum absolute atomic E-state index is 0.454. The molecule has 4 heteroatoms. The Hall–Kier alpha value is -0.740. The first kappa shape index (κ1) is 12.3. The lowest BCUT2D eigenvalue weighted by molar-refractivity contribution is 0.943. The molecular formula is C14H15BrN2S. The zero-order valence-corrected chi connectivity index (χ0v) is 12.6. The fraction of sp³-hybridized carbons (Fsp3) is 0.357. The van der Waals surface area contributed by atoms with E-state index in [1.54, 1.807) is 0 Å². The molecule has 0 aliphatic heterocycles. The van der Waals surface area contributed by atoms with Gasteiger partial charge in [-0.15, -0.1) is 0 Å². The average molecular weight is 323 g/mol. The number of thioether (sulfide) groups is 1. The van der Waals surface area contributed by atoms with Crippen LogP contribution >= 0.6 is 27.7 Å². The van der Waals surface area contributed by atoms with Crippen LogP contribution in [-0.2, 0) is 0 Å². The highest BCUT2D eigenvalue weighted by Gasteiger charge is 2.41. The lowest BCUT2D eigenvalue weighted by atomic mass is 10.1. The topological polar surface area (TPSA) is 24.9 Å². The first-order chi connectivity index (χ1) is 8.74. The Labute approximate surface area is 120 Å². The number of nitrogens with zero attached hydrogens (tertiary/aromatic N) is 1. The van der Waals surface area contributed by atoms with Crippen molar-refractivity contribution in [2.75, 3.05) is 18.1 Å². The summed E-state index contributed by atoms with van der Waals surface area (Å²) in [6, 6.07) is 8.29. The van der Waals surface area contributed by atoms with E-state index in [-0.39, 0.29) is 0 Å². The number of fused-ring (bicyclic) bond motifs is 1. The van der Waals surface area contributed by atoms with E-state index in [9.17, 15) is 0 Å². The highest BCUT2D eigenvalue weighted by atomic mass is 79.9. The molecule has 1 aromatic carbocycles. The first-order valence-corrected chi connectivity index (χ1v) is 8.08. The summed E-state index contributed by atoms with van der Waals surface area (Å²) < 4.78 is 1.58. The van der Waals surface area contributed by atoms with E-state index in [2.05, 4.69) is 50.7 Å². The summed E-state index contributed by atoms with van der Waals surface area (Å²) >= 11 is 5.55. The maximum atomic E-state index is 4.47. The molecule has 18 heavy (non-hydrogen) atoms. The van der Waals surface area contributed by atoms with E-state index in [1.165, 1.54) is 23.6 Å². The van der Waals surface area contributed by atoms with Gasteiger partial charge in [-0.05, 0) is 31.2 Å². The average Bonchev–Trinajstić information content (AvgIpc) is 3.18. The summed E-state index contributed by atoms with van der Waals surface area (Å²) in [5.74, 6) is 0.995. The third kappa shape index (κ3) is 2.24. The second-order valence-electron chi connectivity index (χ2n) is 4.74. The number of nitrogens with one attached hydrogen (secondary N) is 1. The second-order valence-corrected chi connectivity index (χ2v) is 6.86. The number of anilines is 1. The summed E-state index contributed by atoms with van der Waals surface area (Å²) in [6.45, 7) is 1.01. The zero-order chi connectivity index (χ0) is 12.6. The van der Waals surface area contributed by atoms with Crippen LogP contribution in [0, 0.1) is 0 Å². The molecule has 94 valence electrons. The van der Waals surface area contributed by atoms with Gasteiger partial charge in [-0.1, -0.05) is 28.1 Å². The molecule has 1 saturated carbocycles. The van der Waals surface area contributed by atoms with Gasteiger partial charge < -0.3 is 5.32 Å². The molecule has 0 spiro atoms. The molecule has 1 aromatic heterocycles. The molecular weight excluding hydrogens is 308 g/mol. The highest BCUT2D eigenvalue weighted by molar-refractivity contribution is 9.10. The van der Waals surface area contributed by atoms with Crippen molar-refractivity contribution in [2.45, 2.75) is 17.6 Å². The summed E-state index contributed by atoms with van der Waals surface area (Å²) in [7, 11) is 0. The molecule has 0 saturated heterocycles. The van der Waals surface area contributed by atoms with Gasteiger partial charge in [0.25, 0.3) is 0 Å². The van der Waals surface area contributed by atoms with Crippen molar-refractivity contribution in [3.8, 4) is 0 Å². The summed E-state index contributed by atoms with van der Waals surface area (Å²) in [6.07, 6.45) is 6.70. The summed E-state index contributed by atoms with van der Waals surface area (Å²) in [5.41, 5.74) is 0. The van der Waals surface area contributed by atoms with Crippen LogP contribution in [0.25, 0.3) is 10.8 Å². The van der Waals surface area contributed by atoms with Gasteiger partial charge in [0.05, 0.1) is 0 Å². The molecule has 1 fully saturated rings. The van der Waals surface area contributed by atoms with Crippen LogP contribution in [0.15, 0.2) is 34.9 Å². The van der Waals surface area contributed by atoms with Crippen molar-refractivity contribution in [1.82, 2.24) is 4.98 Å². The number of hydrogen-bond acceptors (Lipinski definition) is 3. The fourth-order valence-electron chi connectivity index (χ4n) is 2.15. The molecule has 1 aliphatic rings. The minimum atomic E-state index is 0.454. The molecule has 3 rings (SSSR count). The Morgan fingerprint density at radius 3 is 2.89 bits per heavy atom. The number of hydrogen-bond donors (Lipinski definition) is 1. The quantitative estimate of drug-likeness (QED) is 0.908. The molecule has 1 N–H and O–H groups in total. The number of halogens is 1. The fourth-order valence-corrected chi connectivity index (χ4v) is 3.37. The van der Waals surface area contributed by atoms with E-state index in [0.29, 0.717) is 4.75 Å². The molecule has 0 radical (unpaired) electrons. The number of rotatable bonds is 4. The molecule has 1 heterocycles. The Morgan fingerprint density at radius 2 is 2.17 bits per heavy atom. The molecule has 0 atom stereocenters. The third-order valence-corrected chi connectivity index (χ3v) is 5.68. The van der Waals surface area contributed by atoms with Crippen LogP contribution in [0.2, 0.25) is 0 Å². The molecule has 2 aromatic rings. The normalized spacial score (nSPS) is 16.8. The molecule has 2 nitrogen and oxygen atoms in total. The van der Waals surface area contributed by atoms with Gasteiger partial charge in [-0.2, -0.15) is 11.8 Å². The smallest absolute Gasteiger partial charge is 0.133 e. The lowest BCUT2D eigenvalue weighted by Gasteiger charge is -2.15. The van der Waals surface area contributed by atoms with Crippen molar-refractivity contribution in [3.05, 3.63) is 34.9 Å². The monoisotopic (exact) mass is 322 g/mol. The molecule has 0 amide bonds.